The Balaban J connectivity index is 3.22. The lowest BCUT2D eigenvalue weighted by Gasteiger charge is -2.13. The molecule has 0 amide bonds. The van der Waals surface area contributed by atoms with E-state index in [2.05, 4.69) is 0 Å². The summed E-state index contributed by atoms with van der Waals surface area (Å²) in [6, 6.07) is 4.16. The maximum atomic E-state index is 11.8. The molecular formula is C13H12Cl2O6. The first-order valence-corrected chi connectivity index (χ1v) is 6.93. The van der Waals surface area contributed by atoms with E-state index in [1.807, 2.05) is 0 Å². The van der Waals surface area contributed by atoms with Gasteiger partial charge in [0, 0.05) is 0 Å². The van der Waals surface area contributed by atoms with E-state index in [9.17, 15) is 14.4 Å². The van der Waals surface area contributed by atoms with Crippen molar-refractivity contribution in [2.24, 2.45) is 0 Å². The molecule has 8 heteroatoms. The van der Waals surface area contributed by atoms with Crippen molar-refractivity contribution in [3.8, 4) is 11.5 Å². The minimum atomic E-state index is -0.809. The summed E-state index contributed by atoms with van der Waals surface area (Å²) < 4.78 is 14.7. The van der Waals surface area contributed by atoms with Crippen LogP contribution in [0.1, 0.15) is 17.3 Å². The Bertz CT molecular complexity index is 543. The van der Waals surface area contributed by atoms with Crippen LogP contribution >= 0.6 is 23.2 Å². The van der Waals surface area contributed by atoms with Crippen molar-refractivity contribution in [2.75, 3.05) is 18.4 Å². The van der Waals surface area contributed by atoms with Crippen LogP contribution < -0.4 is 9.47 Å². The number of benzene rings is 1. The topological polar surface area (TPSA) is 78.9 Å². The molecule has 0 N–H and O–H groups in total. The zero-order valence-electron chi connectivity index (χ0n) is 11.1. The zero-order chi connectivity index (χ0) is 15.8. The van der Waals surface area contributed by atoms with Crippen LogP contribution in [0.5, 0.6) is 11.5 Å². The monoisotopic (exact) mass is 334 g/mol. The van der Waals surface area contributed by atoms with Crippen LogP contribution in [0, 0.1) is 0 Å². The lowest BCUT2D eigenvalue weighted by atomic mass is 10.2. The third-order valence-corrected chi connectivity index (χ3v) is 2.57. The zero-order valence-corrected chi connectivity index (χ0v) is 12.6. The fourth-order valence-electron chi connectivity index (χ4n) is 1.36. The Labute approximate surface area is 130 Å². The van der Waals surface area contributed by atoms with Gasteiger partial charge in [-0.05, 0) is 19.1 Å². The van der Waals surface area contributed by atoms with Crippen molar-refractivity contribution in [1.29, 1.82) is 0 Å². The predicted molar refractivity (Wildman–Crippen MR) is 75.1 cm³/mol. The molecule has 0 unspecified atom stereocenters. The van der Waals surface area contributed by atoms with Gasteiger partial charge in [-0.1, -0.05) is 6.07 Å². The Kier molecular flexibility index (Phi) is 6.98. The van der Waals surface area contributed by atoms with Crippen LogP contribution in [-0.2, 0) is 14.3 Å². The van der Waals surface area contributed by atoms with E-state index >= 15 is 0 Å². The average molecular weight is 335 g/mol. The number of alkyl halides is 2. The molecule has 0 aliphatic heterocycles. The number of hydrogen-bond donors (Lipinski definition) is 0. The molecule has 1 aromatic rings. The quantitative estimate of drug-likeness (QED) is 0.450. The lowest BCUT2D eigenvalue weighted by molar-refractivity contribution is -0.134. The molecule has 0 bridgehead atoms. The molecule has 1 rings (SSSR count). The van der Waals surface area contributed by atoms with Gasteiger partial charge in [-0.25, -0.2) is 4.79 Å². The van der Waals surface area contributed by atoms with E-state index in [1.165, 1.54) is 18.2 Å². The second-order valence-electron chi connectivity index (χ2n) is 3.57. The maximum Gasteiger partial charge on any atom is 0.342 e. The number of ether oxygens (including phenoxy) is 3. The van der Waals surface area contributed by atoms with E-state index in [0.29, 0.717) is 0 Å². The summed E-state index contributed by atoms with van der Waals surface area (Å²) in [5.74, 6) is -3.48. The van der Waals surface area contributed by atoms with Gasteiger partial charge in [0.25, 0.3) is 0 Å². The normalized spacial score (nSPS) is 9.86. The summed E-state index contributed by atoms with van der Waals surface area (Å²) in [6.45, 7) is 1.76. The molecule has 0 aliphatic rings. The minimum absolute atomic E-state index is 0.0600. The molecule has 21 heavy (non-hydrogen) atoms. The number of esters is 3. The number of hydrogen-bond acceptors (Lipinski definition) is 6. The first-order chi connectivity index (χ1) is 10.0. The first kappa shape index (κ1) is 17.3. The standard InChI is InChI=1S/C13H12Cl2O6/c1-2-19-13(18)8-4-3-5-9(20-10(16)6-14)12(8)21-11(17)7-15/h3-5H,2,6-7H2,1H3. The molecule has 6 nitrogen and oxygen atoms in total. The van der Waals surface area contributed by atoms with Crippen LogP contribution in [0.2, 0.25) is 0 Å². The largest absolute Gasteiger partial charge is 0.462 e. The smallest absolute Gasteiger partial charge is 0.342 e. The van der Waals surface area contributed by atoms with Gasteiger partial charge in [-0.3, -0.25) is 9.59 Å². The first-order valence-electron chi connectivity index (χ1n) is 5.86. The number of carbonyl (C=O) groups is 3. The van der Waals surface area contributed by atoms with E-state index in [-0.39, 0.29) is 23.7 Å². The fourth-order valence-corrected chi connectivity index (χ4v) is 1.47. The van der Waals surface area contributed by atoms with Crippen LogP contribution in [0.3, 0.4) is 0 Å². The van der Waals surface area contributed by atoms with Gasteiger partial charge in [-0.2, -0.15) is 0 Å². The van der Waals surface area contributed by atoms with Crippen molar-refractivity contribution in [3.63, 3.8) is 0 Å². The molecule has 0 atom stereocenters. The van der Waals surface area contributed by atoms with Crippen molar-refractivity contribution >= 4 is 41.1 Å². The van der Waals surface area contributed by atoms with Crippen LogP contribution in [-0.4, -0.2) is 36.3 Å². The molecule has 0 aromatic heterocycles. The second kappa shape index (κ2) is 8.49. The van der Waals surface area contributed by atoms with Crippen LogP contribution in [0.4, 0.5) is 0 Å². The molecule has 114 valence electrons. The highest BCUT2D eigenvalue weighted by molar-refractivity contribution is 6.27. The van der Waals surface area contributed by atoms with Gasteiger partial charge >= 0.3 is 17.9 Å². The summed E-state index contributed by atoms with van der Waals surface area (Å²) in [4.78, 5) is 34.4. The average Bonchev–Trinajstić information content (AvgIpc) is 2.48. The fraction of sp³-hybridized carbons (Fsp3) is 0.308. The maximum absolute atomic E-state index is 11.8. The number of para-hydroxylation sites is 1. The third kappa shape index (κ3) is 4.91. The second-order valence-corrected chi connectivity index (χ2v) is 4.10. The van der Waals surface area contributed by atoms with Crippen LogP contribution in [0.25, 0.3) is 0 Å². The Hall–Kier alpha value is -1.79. The number of halogens is 2. The van der Waals surface area contributed by atoms with E-state index in [0.717, 1.165) is 0 Å². The summed E-state index contributed by atoms with van der Waals surface area (Å²) in [6.07, 6.45) is 0. The van der Waals surface area contributed by atoms with E-state index in [1.54, 1.807) is 6.92 Å². The Morgan fingerprint density at radius 3 is 2.24 bits per heavy atom. The van der Waals surface area contributed by atoms with Gasteiger partial charge in [0.05, 0.1) is 6.61 Å². The van der Waals surface area contributed by atoms with Gasteiger partial charge in [-0.15, -0.1) is 23.2 Å². The van der Waals surface area contributed by atoms with Crippen molar-refractivity contribution < 1.29 is 28.6 Å². The van der Waals surface area contributed by atoms with Gasteiger partial charge < -0.3 is 14.2 Å². The molecule has 0 radical (unpaired) electrons. The highest BCUT2D eigenvalue weighted by Crippen LogP contribution is 2.32. The highest BCUT2D eigenvalue weighted by atomic mass is 35.5. The molecular weight excluding hydrogens is 323 g/mol. The van der Waals surface area contributed by atoms with Gasteiger partial charge in [0.1, 0.15) is 17.3 Å². The van der Waals surface area contributed by atoms with Crippen molar-refractivity contribution in [3.05, 3.63) is 23.8 Å². The van der Waals surface area contributed by atoms with E-state index in [4.69, 9.17) is 37.4 Å². The van der Waals surface area contributed by atoms with Crippen LogP contribution in [0.15, 0.2) is 18.2 Å². The minimum Gasteiger partial charge on any atom is -0.462 e. The highest BCUT2D eigenvalue weighted by Gasteiger charge is 2.22. The van der Waals surface area contributed by atoms with Gasteiger partial charge in [0.15, 0.2) is 11.5 Å². The molecule has 0 spiro atoms. The summed E-state index contributed by atoms with van der Waals surface area (Å²) >= 11 is 10.7. The summed E-state index contributed by atoms with van der Waals surface area (Å²) in [5.41, 5.74) is -0.0600. The predicted octanol–water partition coefficient (Wildman–Crippen LogP) is 2.15. The molecule has 0 saturated carbocycles. The summed E-state index contributed by atoms with van der Waals surface area (Å²) in [7, 11) is 0. The Morgan fingerprint density at radius 1 is 1.05 bits per heavy atom. The van der Waals surface area contributed by atoms with Gasteiger partial charge in [0.2, 0.25) is 0 Å². The van der Waals surface area contributed by atoms with E-state index < -0.39 is 29.7 Å². The Morgan fingerprint density at radius 2 is 1.67 bits per heavy atom. The molecule has 0 heterocycles. The molecule has 0 fully saturated rings. The third-order valence-electron chi connectivity index (χ3n) is 2.13. The molecule has 1 aromatic carbocycles. The summed E-state index contributed by atoms with van der Waals surface area (Å²) in [5, 5.41) is 0. The molecule has 0 saturated heterocycles. The lowest BCUT2D eigenvalue weighted by Crippen LogP contribution is -2.16. The number of rotatable bonds is 6. The van der Waals surface area contributed by atoms with Crippen molar-refractivity contribution in [1.82, 2.24) is 0 Å². The SMILES string of the molecule is CCOC(=O)c1cccc(OC(=O)CCl)c1OC(=O)CCl. The number of carbonyl (C=O) groups excluding carboxylic acids is 3. The molecule has 0 aliphatic carbocycles. The van der Waals surface area contributed by atoms with Crippen molar-refractivity contribution in [2.45, 2.75) is 6.92 Å².